The summed E-state index contributed by atoms with van der Waals surface area (Å²) in [7, 11) is 0. The Kier molecular flexibility index (Phi) is 7.64. The van der Waals surface area contributed by atoms with Gasteiger partial charge in [0.1, 0.15) is 0 Å². The van der Waals surface area contributed by atoms with Crippen LogP contribution in [0, 0.1) is 17.8 Å². The Morgan fingerprint density at radius 2 is 1.12 bits per heavy atom. The summed E-state index contributed by atoms with van der Waals surface area (Å²) in [6.45, 7) is 6.43. The highest BCUT2D eigenvalue weighted by atomic mass is 14.3. The summed E-state index contributed by atoms with van der Waals surface area (Å²) in [6, 6.07) is 0. The van der Waals surface area contributed by atoms with E-state index in [9.17, 15) is 0 Å². The zero-order valence-corrected chi connectivity index (χ0v) is 12.3. The van der Waals surface area contributed by atoms with Crippen LogP contribution < -0.4 is 0 Å². The molecule has 0 bridgehead atoms. The summed E-state index contributed by atoms with van der Waals surface area (Å²) >= 11 is 0. The number of rotatable bonds is 1. The fraction of sp³-hybridized carbons (Fsp3) is 0.882. The van der Waals surface area contributed by atoms with Crippen molar-refractivity contribution >= 4 is 0 Å². The summed E-state index contributed by atoms with van der Waals surface area (Å²) in [6.07, 6.45) is 17.8. The summed E-state index contributed by atoms with van der Waals surface area (Å²) in [5, 5.41) is 0. The minimum Gasteiger partial charge on any atom is -0.0919 e. The van der Waals surface area contributed by atoms with Crippen LogP contribution in [0.15, 0.2) is 12.2 Å². The third-order valence-electron chi connectivity index (χ3n) is 4.71. The van der Waals surface area contributed by atoms with E-state index in [1.54, 1.807) is 25.7 Å². The molecule has 17 heavy (non-hydrogen) atoms. The van der Waals surface area contributed by atoms with Crippen molar-refractivity contribution in [1.82, 2.24) is 0 Å². The van der Waals surface area contributed by atoms with Crippen LogP contribution in [0.3, 0.4) is 0 Å². The molecule has 0 unspecified atom stereocenters. The van der Waals surface area contributed by atoms with Crippen LogP contribution in [0.5, 0.6) is 0 Å². The minimum atomic E-state index is 1.03. The minimum absolute atomic E-state index is 1.03. The van der Waals surface area contributed by atoms with Crippen LogP contribution in [-0.2, 0) is 0 Å². The van der Waals surface area contributed by atoms with E-state index in [0.29, 0.717) is 0 Å². The van der Waals surface area contributed by atoms with Gasteiger partial charge in [-0.25, -0.2) is 0 Å². The molecule has 2 fully saturated rings. The summed E-state index contributed by atoms with van der Waals surface area (Å²) in [5.74, 6) is 3.28. The molecule has 2 aliphatic rings. The van der Waals surface area contributed by atoms with Crippen LogP contribution in [-0.4, -0.2) is 0 Å². The maximum absolute atomic E-state index is 2.43. The molecule has 2 rings (SSSR count). The van der Waals surface area contributed by atoms with E-state index in [4.69, 9.17) is 0 Å². The largest absolute Gasteiger partial charge is 0.0919 e. The van der Waals surface area contributed by atoms with E-state index in [1.807, 2.05) is 26.0 Å². The van der Waals surface area contributed by atoms with E-state index in [-0.39, 0.29) is 0 Å². The second-order valence-electron chi connectivity index (χ2n) is 6.08. The molecule has 2 saturated carbocycles. The first-order chi connectivity index (χ1) is 8.27. The molecule has 0 aromatic rings. The first kappa shape index (κ1) is 14.8. The van der Waals surface area contributed by atoms with Crippen molar-refractivity contribution in [3.63, 3.8) is 0 Å². The third kappa shape index (κ3) is 5.75. The van der Waals surface area contributed by atoms with Crippen LogP contribution >= 0.6 is 0 Å². The topological polar surface area (TPSA) is 0 Å². The molecule has 0 heteroatoms. The quantitative estimate of drug-likeness (QED) is 0.492. The first-order valence-electron chi connectivity index (χ1n) is 7.85. The van der Waals surface area contributed by atoms with Crippen molar-refractivity contribution < 1.29 is 0 Å². The lowest BCUT2D eigenvalue weighted by Crippen LogP contribution is -2.22. The fourth-order valence-corrected chi connectivity index (χ4v) is 3.36. The molecule has 0 heterocycles. The SMILES string of the molecule is C/C=C/C.CC1CCC(C2CCCCC2)CC1. The molecule has 0 aromatic heterocycles. The lowest BCUT2D eigenvalue weighted by Gasteiger charge is -2.34. The number of allylic oxidation sites excluding steroid dienone is 2. The molecule has 0 aliphatic heterocycles. The van der Waals surface area contributed by atoms with Crippen LogP contribution in [0.25, 0.3) is 0 Å². The molecule has 0 spiro atoms. The highest BCUT2D eigenvalue weighted by molar-refractivity contribution is 4.78. The molecular weight excluding hydrogens is 204 g/mol. The van der Waals surface area contributed by atoms with Gasteiger partial charge in [0.15, 0.2) is 0 Å². The van der Waals surface area contributed by atoms with E-state index in [2.05, 4.69) is 6.92 Å². The summed E-state index contributed by atoms with van der Waals surface area (Å²) in [5.41, 5.74) is 0. The van der Waals surface area contributed by atoms with Gasteiger partial charge in [0.2, 0.25) is 0 Å². The highest BCUT2D eigenvalue weighted by Gasteiger charge is 2.26. The van der Waals surface area contributed by atoms with Gasteiger partial charge in [-0.1, -0.05) is 64.0 Å². The van der Waals surface area contributed by atoms with Crippen molar-refractivity contribution in [2.24, 2.45) is 17.8 Å². The van der Waals surface area contributed by atoms with E-state index >= 15 is 0 Å². The van der Waals surface area contributed by atoms with Gasteiger partial charge in [-0.05, 0) is 44.4 Å². The standard InChI is InChI=1S/C13H24.C4H8/c1-11-7-9-13(10-8-11)12-5-3-2-4-6-12;1-3-4-2/h11-13H,2-10H2,1H3;3-4H,1-2H3/b;4-3+. The number of hydrogen-bond acceptors (Lipinski definition) is 0. The maximum atomic E-state index is 2.43. The molecule has 0 atom stereocenters. The van der Waals surface area contributed by atoms with Crippen molar-refractivity contribution in [1.29, 1.82) is 0 Å². The predicted octanol–water partition coefficient (Wildman–Crippen LogP) is 5.98. The maximum Gasteiger partial charge on any atom is -0.0386 e. The van der Waals surface area contributed by atoms with Crippen molar-refractivity contribution in [2.75, 3.05) is 0 Å². The normalized spacial score (nSPS) is 31.0. The van der Waals surface area contributed by atoms with Gasteiger partial charge in [-0.2, -0.15) is 0 Å². The molecule has 100 valence electrons. The molecule has 0 N–H and O–H groups in total. The smallest absolute Gasteiger partial charge is 0.0386 e. The van der Waals surface area contributed by atoms with Gasteiger partial charge in [0, 0.05) is 0 Å². The predicted molar refractivity (Wildman–Crippen MR) is 78.2 cm³/mol. The van der Waals surface area contributed by atoms with Crippen molar-refractivity contribution in [3.8, 4) is 0 Å². The monoisotopic (exact) mass is 236 g/mol. The Morgan fingerprint density at radius 3 is 1.59 bits per heavy atom. The Bertz CT molecular complexity index is 186. The summed E-state index contributed by atoms with van der Waals surface area (Å²) in [4.78, 5) is 0. The number of hydrogen-bond donors (Lipinski definition) is 0. The second-order valence-corrected chi connectivity index (χ2v) is 6.08. The third-order valence-corrected chi connectivity index (χ3v) is 4.71. The average Bonchev–Trinajstić information content (AvgIpc) is 2.41. The molecule has 0 amide bonds. The van der Waals surface area contributed by atoms with Gasteiger partial charge in [0.25, 0.3) is 0 Å². The van der Waals surface area contributed by atoms with Crippen molar-refractivity contribution in [2.45, 2.75) is 78.6 Å². The highest BCUT2D eigenvalue weighted by Crippen LogP contribution is 2.39. The average molecular weight is 236 g/mol. The van der Waals surface area contributed by atoms with Gasteiger partial charge >= 0.3 is 0 Å². The van der Waals surface area contributed by atoms with Crippen molar-refractivity contribution in [3.05, 3.63) is 12.2 Å². The zero-order valence-electron chi connectivity index (χ0n) is 12.3. The van der Waals surface area contributed by atoms with Crippen LogP contribution in [0.4, 0.5) is 0 Å². The Morgan fingerprint density at radius 1 is 0.647 bits per heavy atom. The summed E-state index contributed by atoms with van der Waals surface area (Å²) < 4.78 is 0. The van der Waals surface area contributed by atoms with Gasteiger partial charge in [-0.15, -0.1) is 0 Å². The van der Waals surface area contributed by atoms with Crippen LogP contribution in [0.1, 0.15) is 78.6 Å². The first-order valence-corrected chi connectivity index (χ1v) is 7.85. The molecular formula is C17H32. The molecule has 0 saturated heterocycles. The molecule has 2 aliphatic carbocycles. The zero-order chi connectivity index (χ0) is 12.5. The van der Waals surface area contributed by atoms with Crippen LogP contribution in [0.2, 0.25) is 0 Å². The second kappa shape index (κ2) is 8.78. The van der Waals surface area contributed by atoms with E-state index in [1.165, 1.54) is 32.1 Å². The van der Waals surface area contributed by atoms with Gasteiger partial charge < -0.3 is 0 Å². The van der Waals surface area contributed by atoms with Gasteiger partial charge in [0.05, 0.1) is 0 Å². The Balaban J connectivity index is 0.000000317. The fourth-order valence-electron chi connectivity index (χ4n) is 3.36. The van der Waals surface area contributed by atoms with Gasteiger partial charge in [-0.3, -0.25) is 0 Å². The lowest BCUT2D eigenvalue weighted by atomic mass is 9.71. The molecule has 0 aromatic carbocycles. The van der Waals surface area contributed by atoms with E-state index < -0.39 is 0 Å². The van der Waals surface area contributed by atoms with E-state index in [0.717, 1.165) is 17.8 Å². The Hall–Kier alpha value is -0.260. The Labute approximate surface area is 109 Å². The molecule has 0 radical (unpaired) electrons. The lowest BCUT2D eigenvalue weighted by molar-refractivity contribution is 0.173. The molecule has 0 nitrogen and oxygen atoms in total.